The number of carbonyl (C=O) groups is 1. The van der Waals surface area contributed by atoms with Gasteiger partial charge in [0.2, 0.25) is 5.89 Å². The normalized spacial score (nSPS) is 11.0. The van der Waals surface area contributed by atoms with E-state index in [1.165, 1.54) is 0 Å². The van der Waals surface area contributed by atoms with E-state index in [0.717, 1.165) is 16.9 Å². The molecule has 6 nitrogen and oxygen atoms in total. The molecule has 1 N–H and O–H groups in total. The predicted molar refractivity (Wildman–Crippen MR) is 112 cm³/mol. The average molecular weight is 386 g/mol. The highest BCUT2D eigenvalue weighted by atomic mass is 16.4. The molecule has 0 unspecified atom stereocenters. The molecule has 2 aromatic carbocycles. The van der Waals surface area contributed by atoms with Crippen LogP contribution in [0.1, 0.15) is 41.4 Å². The molecule has 0 radical (unpaired) electrons. The Labute approximate surface area is 169 Å². The minimum atomic E-state index is -0.199. The molecule has 0 saturated carbocycles. The Morgan fingerprint density at radius 1 is 1.07 bits per heavy atom. The molecule has 0 fully saturated rings. The van der Waals surface area contributed by atoms with Gasteiger partial charge in [-0.25, -0.2) is 4.98 Å². The van der Waals surface area contributed by atoms with Crippen molar-refractivity contribution in [1.29, 1.82) is 0 Å². The molecule has 0 bridgehead atoms. The summed E-state index contributed by atoms with van der Waals surface area (Å²) in [6.45, 7) is 4.74. The molecule has 2 aromatic heterocycles. The minimum absolute atomic E-state index is 0.199. The summed E-state index contributed by atoms with van der Waals surface area (Å²) in [5.41, 5.74) is 3.21. The highest BCUT2D eigenvalue weighted by Crippen LogP contribution is 2.24. The molecule has 6 heteroatoms. The first kappa shape index (κ1) is 18.7. The number of nitrogens with zero attached hydrogens (tertiary/aromatic N) is 3. The lowest BCUT2D eigenvalue weighted by Gasteiger charge is -2.04. The van der Waals surface area contributed by atoms with Gasteiger partial charge in [-0.3, -0.25) is 9.48 Å². The fourth-order valence-electron chi connectivity index (χ4n) is 2.92. The van der Waals surface area contributed by atoms with E-state index in [1.54, 1.807) is 23.3 Å². The molecule has 0 spiro atoms. The fraction of sp³-hybridized carbons (Fsp3) is 0.174. The molecule has 29 heavy (non-hydrogen) atoms. The minimum Gasteiger partial charge on any atom is -0.441 e. The van der Waals surface area contributed by atoms with Gasteiger partial charge in [-0.15, -0.1) is 0 Å². The average Bonchev–Trinajstić information content (AvgIpc) is 3.39. The van der Waals surface area contributed by atoms with Crippen LogP contribution in [0.25, 0.3) is 11.5 Å². The predicted octanol–water partition coefficient (Wildman–Crippen LogP) is 4.96. The lowest BCUT2D eigenvalue weighted by molar-refractivity contribution is 0.102. The first-order chi connectivity index (χ1) is 14.1. The number of oxazole rings is 1. The SMILES string of the molecule is CC(C)c1cnc(-c2ccc(NC(=O)c3cnn(Cc4ccccc4)c3)cc2)o1. The number of benzene rings is 2. The molecule has 0 saturated heterocycles. The molecule has 4 rings (SSSR count). The summed E-state index contributed by atoms with van der Waals surface area (Å²) in [6.07, 6.45) is 5.08. The van der Waals surface area contributed by atoms with Crippen molar-refractivity contribution in [1.82, 2.24) is 14.8 Å². The molecule has 1 amide bonds. The third-order valence-electron chi connectivity index (χ3n) is 4.57. The standard InChI is InChI=1S/C23H22N4O2/c1-16(2)21-13-24-23(29-21)18-8-10-20(11-9-18)26-22(28)19-12-25-27(15-19)14-17-6-4-3-5-7-17/h3-13,15-16H,14H2,1-2H3,(H,26,28). The third-order valence-corrected chi connectivity index (χ3v) is 4.57. The van der Waals surface area contributed by atoms with E-state index in [2.05, 4.69) is 29.2 Å². The van der Waals surface area contributed by atoms with Crippen molar-refractivity contribution in [3.8, 4) is 11.5 Å². The summed E-state index contributed by atoms with van der Waals surface area (Å²) in [5, 5.41) is 7.17. The van der Waals surface area contributed by atoms with Crippen LogP contribution in [0.4, 0.5) is 5.69 Å². The van der Waals surface area contributed by atoms with Gasteiger partial charge in [0, 0.05) is 23.4 Å². The summed E-state index contributed by atoms with van der Waals surface area (Å²) in [4.78, 5) is 16.8. The first-order valence-electron chi connectivity index (χ1n) is 9.52. The second-order valence-corrected chi connectivity index (χ2v) is 7.17. The Bertz CT molecular complexity index is 1100. The number of carbonyl (C=O) groups excluding carboxylic acids is 1. The lowest BCUT2D eigenvalue weighted by atomic mass is 10.2. The maximum absolute atomic E-state index is 12.5. The van der Waals surface area contributed by atoms with E-state index in [-0.39, 0.29) is 11.8 Å². The maximum atomic E-state index is 12.5. The maximum Gasteiger partial charge on any atom is 0.258 e. The summed E-state index contributed by atoms with van der Waals surface area (Å²) in [5.74, 6) is 1.52. The van der Waals surface area contributed by atoms with Gasteiger partial charge in [0.15, 0.2) is 0 Å². The van der Waals surface area contributed by atoms with Crippen LogP contribution in [0.3, 0.4) is 0 Å². The fourth-order valence-corrected chi connectivity index (χ4v) is 2.92. The van der Waals surface area contributed by atoms with Gasteiger partial charge in [0.1, 0.15) is 5.76 Å². The number of aromatic nitrogens is 3. The first-order valence-corrected chi connectivity index (χ1v) is 9.52. The molecule has 0 aliphatic rings. The second-order valence-electron chi connectivity index (χ2n) is 7.17. The monoisotopic (exact) mass is 386 g/mol. The van der Waals surface area contributed by atoms with Gasteiger partial charge >= 0.3 is 0 Å². The highest BCUT2D eigenvalue weighted by molar-refractivity contribution is 6.04. The number of nitrogens with one attached hydrogen (secondary N) is 1. The molecule has 0 aliphatic heterocycles. The Balaban J connectivity index is 1.40. The molecular formula is C23H22N4O2. The number of hydrogen-bond acceptors (Lipinski definition) is 4. The highest BCUT2D eigenvalue weighted by Gasteiger charge is 2.12. The zero-order valence-corrected chi connectivity index (χ0v) is 16.4. The van der Waals surface area contributed by atoms with Gasteiger partial charge in [0.25, 0.3) is 5.91 Å². The van der Waals surface area contributed by atoms with Crippen LogP contribution in [-0.4, -0.2) is 20.7 Å². The van der Waals surface area contributed by atoms with Crippen LogP contribution in [0.15, 0.2) is 77.6 Å². The van der Waals surface area contributed by atoms with Crippen molar-refractivity contribution in [2.24, 2.45) is 0 Å². The van der Waals surface area contributed by atoms with Gasteiger partial charge in [0.05, 0.1) is 24.5 Å². The quantitative estimate of drug-likeness (QED) is 0.508. The molecule has 0 aliphatic carbocycles. The van der Waals surface area contributed by atoms with E-state index in [4.69, 9.17) is 4.42 Å². The zero-order chi connectivity index (χ0) is 20.2. The summed E-state index contributed by atoms with van der Waals surface area (Å²) >= 11 is 0. The Morgan fingerprint density at radius 3 is 2.52 bits per heavy atom. The number of rotatable bonds is 6. The van der Waals surface area contributed by atoms with Crippen molar-refractivity contribution in [3.63, 3.8) is 0 Å². The molecule has 146 valence electrons. The Morgan fingerprint density at radius 2 is 1.83 bits per heavy atom. The molecular weight excluding hydrogens is 364 g/mol. The van der Waals surface area contributed by atoms with Crippen molar-refractivity contribution in [2.45, 2.75) is 26.3 Å². The van der Waals surface area contributed by atoms with E-state index in [1.807, 2.05) is 54.6 Å². The van der Waals surface area contributed by atoms with E-state index in [0.29, 0.717) is 23.7 Å². The third kappa shape index (κ3) is 4.43. The van der Waals surface area contributed by atoms with Crippen LogP contribution < -0.4 is 5.32 Å². The van der Waals surface area contributed by atoms with Crippen LogP contribution in [-0.2, 0) is 6.54 Å². The van der Waals surface area contributed by atoms with E-state index >= 15 is 0 Å². The summed E-state index contributed by atoms with van der Waals surface area (Å²) in [7, 11) is 0. The van der Waals surface area contributed by atoms with Crippen LogP contribution in [0.2, 0.25) is 0 Å². The second kappa shape index (κ2) is 8.14. The topological polar surface area (TPSA) is 73.0 Å². The van der Waals surface area contributed by atoms with Crippen LogP contribution in [0.5, 0.6) is 0 Å². The Hall–Kier alpha value is -3.67. The number of hydrogen-bond donors (Lipinski definition) is 1. The lowest BCUT2D eigenvalue weighted by Crippen LogP contribution is -2.11. The van der Waals surface area contributed by atoms with Gasteiger partial charge < -0.3 is 9.73 Å². The largest absolute Gasteiger partial charge is 0.441 e. The smallest absolute Gasteiger partial charge is 0.258 e. The Kier molecular flexibility index (Phi) is 5.24. The van der Waals surface area contributed by atoms with Crippen LogP contribution >= 0.6 is 0 Å². The molecule has 2 heterocycles. The molecule has 0 atom stereocenters. The van der Waals surface area contributed by atoms with E-state index in [9.17, 15) is 4.79 Å². The zero-order valence-electron chi connectivity index (χ0n) is 16.4. The number of amides is 1. The van der Waals surface area contributed by atoms with Gasteiger partial charge in [-0.2, -0.15) is 5.10 Å². The van der Waals surface area contributed by atoms with Crippen molar-refractivity contribution in [3.05, 3.63) is 90.1 Å². The van der Waals surface area contributed by atoms with Crippen molar-refractivity contribution in [2.75, 3.05) is 5.32 Å². The van der Waals surface area contributed by atoms with Crippen LogP contribution in [0, 0.1) is 0 Å². The van der Waals surface area contributed by atoms with E-state index < -0.39 is 0 Å². The van der Waals surface area contributed by atoms with Gasteiger partial charge in [-0.1, -0.05) is 44.2 Å². The van der Waals surface area contributed by atoms with Crippen molar-refractivity contribution >= 4 is 11.6 Å². The summed E-state index contributed by atoms with van der Waals surface area (Å²) in [6, 6.07) is 17.4. The van der Waals surface area contributed by atoms with Crippen molar-refractivity contribution < 1.29 is 9.21 Å². The summed E-state index contributed by atoms with van der Waals surface area (Å²) < 4.78 is 7.52. The van der Waals surface area contributed by atoms with Gasteiger partial charge in [-0.05, 0) is 29.8 Å². The number of anilines is 1. The molecule has 4 aromatic rings.